The molecule has 0 saturated carbocycles. The van der Waals surface area contributed by atoms with Crippen LogP contribution in [0.4, 0.5) is 17.1 Å². The Hall–Kier alpha value is -6.06. The van der Waals surface area contributed by atoms with Gasteiger partial charge in [0, 0.05) is 44.7 Å². The van der Waals surface area contributed by atoms with Crippen molar-refractivity contribution in [2.75, 3.05) is 4.90 Å². The summed E-state index contributed by atoms with van der Waals surface area (Å²) in [7, 11) is 0. The number of rotatable bonds is 5. The summed E-state index contributed by atoms with van der Waals surface area (Å²) < 4.78 is 12.6. The van der Waals surface area contributed by atoms with Gasteiger partial charge in [-0.1, -0.05) is 103 Å². The Balaban J connectivity index is 1.17. The second-order valence-electron chi connectivity index (χ2n) is 12.1. The average molecular weight is 590 g/mol. The Kier molecular flexibility index (Phi) is 5.20. The number of para-hydroxylation sites is 2. The van der Waals surface area contributed by atoms with Gasteiger partial charge in [-0.3, -0.25) is 0 Å². The van der Waals surface area contributed by atoms with Gasteiger partial charge in [0.25, 0.3) is 0 Å². The summed E-state index contributed by atoms with van der Waals surface area (Å²) in [6.07, 6.45) is 0. The highest BCUT2D eigenvalue weighted by Crippen LogP contribution is 2.56. The number of anilines is 3. The van der Waals surface area contributed by atoms with Crippen LogP contribution in [0, 0.1) is 0 Å². The van der Waals surface area contributed by atoms with Crippen LogP contribution in [-0.4, -0.2) is 0 Å². The SMILES string of the molecule is c1ccc(N(c2ccc(C3(c4ccccc4)c4cccc5oc6cccc3c6c45)cc2)c2ccc3c(c2)oc2ccccc23)cc1. The van der Waals surface area contributed by atoms with Crippen molar-refractivity contribution in [2.24, 2.45) is 0 Å². The molecule has 3 nitrogen and oxygen atoms in total. The van der Waals surface area contributed by atoms with E-state index in [4.69, 9.17) is 8.83 Å². The molecule has 0 spiro atoms. The largest absolute Gasteiger partial charge is 0.456 e. The minimum Gasteiger partial charge on any atom is -0.456 e. The van der Waals surface area contributed by atoms with Crippen LogP contribution in [-0.2, 0) is 5.41 Å². The molecule has 3 heteroatoms. The molecule has 1 aliphatic carbocycles. The van der Waals surface area contributed by atoms with E-state index >= 15 is 0 Å². The third-order valence-electron chi connectivity index (χ3n) is 9.73. The molecule has 0 atom stereocenters. The molecule has 0 N–H and O–H groups in total. The fraction of sp³-hybridized carbons (Fsp3) is 0.0233. The van der Waals surface area contributed by atoms with E-state index < -0.39 is 5.41 Å². The van der Waals surface area contributed by atoms with E-state index in [1.807, 2.05) is 12.1 Å². The van der Waals surface area contributed by atoms with Crippen LogP contribution in [0.1, 0.15) is 22.3 Å². The fourth-order valence-corrected chi connectivity index (χ4v) is 7.85. The Morgan fingerprint density at radius 3 is 1.61 bits per heavy atom. The first kappa shape index (κ1) is 25.3. The summed E-state index contributed by atoms with van der Waals surface area (Å²) in [6.45, 7) is 0. The zero-order chi connectivity index (χ0) is 30.2. The number of nitrogens with zero attached hydrogens (tertiary/aromatic N) is 1. The van der Waals surface area contributed by atoms with Gasteiger partial charge >= 0.3 is 0 Å². The highest BCUT2D eigenvalue weighted by Gasteiger charge is 2.46. The van der Waals surface area contributed by atoms with Gasteiger partial charge in [0.2, 0.25) is 0 Å². The molecule has 0 bridgehead atoms. The van der Waals surface area contributed by atoms with E-state index in [0.29, 0.717) is 0 Å². The summed E-state index contributed by atoms with van der Waals surface area (Å²) in [5, 5.41) is 4.68. The molecule has 0 aliphatic heterocycles. The van der Waals surface area contributed by atoms with Crippen molar-refractivity contribution in [3.8, 4) is 0 Å². The van der Waals surface area contributed by atoms with Crippen molar-refractivity contribution < 1.29 is 8.83 Å². The summed E-state index contributed by atoms with van der Waals surface area (Å²) in [5.41, 5.74) is 11.4. The fourth-order valence-electron chi connectivity index (χ4n) is 7.85. The Labute approximate surface area is 265 Å². The number of hydrogen-bond donors (Lipinski definition) is 0. The topological polar surface area (TPSA) is 29.5 Å². The van der Waals surface area contributed by atoms with E-state index in [0.717, 1.165) is 50.2 Å². The predicted octanol–water partition coefficient (Wildman–Crippen LogP) is 11.7. The van der Waals surface area contributed by atoms with E-state index in [2.05, 4.69) is 157 Å². The monoisotopic (exact) mass is 589 g/mol. The molecular weight excluding hydrogens is 562 g/mol. The highest BCUT2D eigenvalue weighted by atomic mass is 16.3. The van der Waals surface area contributed by atoms with Crippen LogP contribution in [0.25, 0.3) is 43.9 Å². The lowest BCUT2D eigenvalue weighted by Crippen LogP contribution is -2.29. The second-order valence-corrected chi connectivity index (χ2v) is 12.1. The molecule has 7 aromatic carbocycles. The van der Waals surface area contributed by atoms with Crippen LogP contribution < -0.4 is 4.90 Å². The molecular formula is C43H27NO2. The minimum atomic E-state index is -0.467. The summed E-state index contributed by atoms with van der Waals surface area (Å²) in [6, 6.07) is 58.3. The van der Waals surface area contributed by atoms with E-state index in [1.165, 1.54) is 33.0 Å². The van der Waals surface area contributed by atoms with Crippen molar-refractivity contribution in [3.63, 3.8) is 0 Å². The van der Waals surface area contributed by atoms with Crippen LogP contribution in [0.2, 0.25) is 0 Å². The molecule has 0 radical (unpaired) electrons. The lowest BCUT2D eigenvalue weighted by molar-refractivity contribution is 0.663. The van der Waals surface area contributed by atoms with Crippen molar-refractivity contribution >= 4 is 60.9 Å². The quantitative estimate of drug-likeness (QED) is 0.200. The average Bonchev–Trinajstić information content (AvgIpc) is 3.78. The molecule has 216 valence electrons. The maximum absolute atomic E-state index is 6.32. The van der Waals surface area contributed by atoms with Crippen molar-refractivity contribution in [1.82, 2.24) is 0 Å². The van der Waals surface area contributed by atoms with Gasteiger partial charge in [-0.15, -0.1) is 0 Å². The normalized spacial score (nSPS) is 13.4. The maximum Gasteiger partial charge on any atom is 0.137 e. The molecule has 0 fully saturated rings. The summed E-state index contributed by atoms with van der Waals surface area (Å²) in [5.74, 6) is 0. The smallest absolute Gasteiger partial charge is 0.137 e. The van der Waals surface area contributed by atoms with Crippen molar-refractivity contribution in [2.45, 2.75) is 5.41 Å². The van der Waals surface area contributed by atoms with Crippen LogP contribution in [0.3, 0.4) is 0 Å². The van der Waals surface area contributed by atoms with Gasteiger partial charge in [-0.2, -0.15) is 0 Å². The van der Waals surface area contributed by atoms with Crippen molar-refractivity contribution in [3.05, 3.63) is 186 Å². The molecule has 9 aromatic rings. The van der Waals surface area contributed by atoms with Crippen LogP contribution in [0.15, 0.2) is 173 Å². The minimum absolute atomic E-state index is 0.467. The molecule has 10 rings (SSSR count). The Morgan fingerprint density at radius 1 is 0.370 bits per heavy atom. The number of fused-ring (bicyclic) bond motifs is 3. The van der Waals surface area contributed by atoms with Gasteiger partial charge in [0.05, 0.1) is 5.41 Å². The van der Waals surface area contributed by atoms with Crippen LogP contribution in [0.5, 0.6) is 0 Å². The molecule has 1 aliphatic rings. The van der Waals surface area contributed by atoms with E-state index in [9.17, 15) is 0 Å². The summed E-state index contributed by atoms with van der Waals surface area (Å²) >= 11 is 0. The predicted molar refractivity (Wildman–Crippen MR) is 188 cm³/mol. The van der Waals surface area contributed by atoms with E-state index in [1.54, 1.807) is 0 Å². The first-order valence-corrected chi connectivity index (χ1v) is 15.7. The van der Waals surface area contributed by atoms with Gasteiger partial charge < -0.3 is 13.7 Å². The molecule has 2 aromatic heterocycles. The first-order chi connectivity index (χ1) is 22.8. The van der Waals surface area contributed by atoms with E-state index in [-0.39, 0.29) is 0 Å². The molecule has 0 unspecified atom stereocenters. The van der Waals surface area contributed by atoms with Crippen LogP contribution >= 0.6 is 0 Å². The third kappa shape index (κ3) is 3.37. The first-order valence-electron chi connectivity index (χ1n) is 15.7. The zero-order valence-corrected chi connectivity index (χ0v) is 24.9. The molecule has 0 amide bonds. The van der Waals surface area contributed by atoms with Gasteiger partial charge in [0.15, 0.2) is 0 Å². The number of benzene rings is 7. The Morgan fingerprint density at radius 2 is 0.891 bits per heavy atom. The maximum atomic E-state index is 6.32. The summed E-state index contributed by atoms with van der Waals surface area (Å²) in [4.78, 5) is 2.30. The highest BCUT2D eigenvalue weighted by molar-refractivity contribution is 6.14. The van der Waals surface area contributed by atoms with Crippen molar-refractivity contribution in [1.29, 1.82) is 0 Å². The second kappa shape index (κ2) is 9.47. The van der Waals surface area contributed by atoms with Gasteiger partial charge in [0.1, 0.15) is 22.3 Å². The van der Waals surface area contributed by atoms with Gasteiger partial charge in [-0.25, -0.2) is 0 Å². The number of hydrogen-bond acceptors (Lipinski definition) is 3. The zero-order valence-electron chi connectivity index (χ0n) is 24.9. The van der Waals surface area contributed by atoms with Gasteiger partial charge in [-0.05, 0) is 76.9 Å². The lowest BCUT2D eigenvalue weighted by atomic mass is 9.67. The third-order valence-corrected chi connectivity index (χ3v) is 9.73. The molecule has 46 heavy (non-hydrogen) atoms. The number of furan rings is 2. The Bertz CT molecular complexity index is 2520. The lowest BCUT2D eigenvalue weighted by Gasteiger charge is -2.35. The molecule has 0 saturated heterocycles. The standard InChI is InChI=1S/C43H27NO2/c1-3-11-28(12-4-1)43(35-16-9-19-38-41(35)42-36(43)17-10-20-39(42)46-38)29-21-23-31(24-22-29)44(30-13-5-2-6-14-30)32-25-26-34-33-15-7-8-18-37(33)45-40(34)27-32/h1-27H. The molecule has 2 heterocycles.